The SMILES string of the molecule is NCN=Nc1cc(S(=O)(=O)[O-])c2ccccc2c1O.[Na+]. The molecule has 0 aliphatic rings. The molecule has 0 bridgehead atoms. The molecule has 0 aliphatic carbocycles. The number of nitrogens with zero attached hydrogens (tertiary/aromatic N) is 2. The zero-order valence-corrected chi connectivity index (χ0v) is 13.5. The fraction of sp³-hybridized carbons (Fsp3) is 0.0909. The van der Waals surface area contributed by atoms with E-state index in [1.54, 1.807) is 12.1 Å². The minimum atomic E-state index is -4.69. The molecule has 7 nitrogen and oxygen atoms in total. The van der Waals surface area contributed by atoms with Crippen molar-refractivity contribution in [2.24, 2.45) is 16.0 Å². The van der Waals surface area contributed by atoms with Gasteiger partial charge in [0, 0.05) is 10.8 Å². The van der Waals surface area contributed by atoms with Crippen molar-refractivity contribution in [3.63, 3.8) is 0 Å². The first-order chi connectivity index (χ1) is 8.95. The van der Waals surface area contributed by atoms with Gasteiger partial charge < -0.3 is 15.4 Å². The summed E-state index contributed by atoms with van der Waals surface area (Å²) in [6.07, 6.45) is 0. The number of aromatic hydroxyl groups is 1. The molecule has 0 aliphatic heterocycles. The third-order valence-corrected chi connectivity index (χ3v) is 3.36. The summed E-state index contributed by atoms with van der Waals surface area (Å²) in [5, 5.41) is 17.4. The third kappa shape index (κ3) is 3.35. The van der Waals surface area contributed by atoms with Crippen LogP contribution in [0.4, 0.5) is 5.69 Å². The molecule has 9 heteroatoms. The molecule has 0 radical (unpaired) electrons. The summed E-state index contributed by atoms with van der Waals surface area (Å²) in [7, 11) is -4.69. The molecule has 0 saturated heterocycles. The quantitative estimate of drug-likeness (QED) is 0.403. The zero-order chi connectivity index (χ0) is 14.0. The van der Waals surface area contributed by atoms with Gasteiger partial charge in [0.1, 0.15) is 22.5 Å². The van der Waals surface area contributed by atoms with E-state index in [0.717, 1.165) is 6.07 Å². The van der Waals surface area contributed by atoms with E-state index >= 15 is 0 Å². The van der Waals surface area contributed by atoms with E-state index in [1.807, 2.05) is 0 Å². The number of nitrogens with two attached hydrogens (primary N) is 1. The van der Waals surface area contributed by atoms with E-state index in [2.05, 4.69) is 10.2 Å². The van der Waals surface area contributed by atoms with Crippen LogP contribution in [-0.2, 0) is 10.1 Å². The molecular formula is C11H10N3NaO4S. The predicted molar refractivity (Wildman–Crippen MR) is 67.1 cm³/mol. The first-order valence-corrected chi connectivity index (χ1v) is 6.64. The van der Waals surface area contributed by atoms with Crippen molar-refractivity contribution in [3.05, 3.63) is 30.3 Å². The Morgan fingerprint density at radius 3 is 2.40 bits per heavy atom. The molecule has 2 rings (SSSR count). The average molecular weight is 303 g/mol. The number of hydrogen-bond donors (Lipinski definition) is 2. The Bertz CT molecular complexity index is 762. The largest absolute Gasteiger partial charge is 1.00 e. The number of fused-ring (bicyclic) bond motifs is 1. The third-order valence-electron chi connectivity index (χ3n) is 2.49. The van der Waals surface area contributed by atoms with E-state index in [1.165, 1.54) is 12.1 Å². The van der Waals surface area contributed by atoms with E-state index < -0.39 is 15.0 Å². The van der Waals surface area contributed by atoms with E-state index in [0.29, 0.717) is 0 Å². The van der Waals surface area contributed by atoms with Crippen molar-refractivity contribution in [3.8, 4) is 5.75 Å². The summed E-state index contributed by atoms with van der Waals surface area (Å²) in [4.78, 5) is -0.452. The van der Waals surface area contributed by atoms with Gasteiger partial charge >= 0.3 is 29.6 Å². The van der Waals surface area contributed by atoms with Gasteiger partial charge in [0.25, 0.3) is 0 Å². The molecule has 2 aromatic rings. The molecule has 0 spiro atoms. The molecule has 0 amide bonds. The Hall–Kier alpha value is -1.03. The average Bonchev–Trinajstić information content (AvgIpc) is 2.37. The maximum Gasteiger partial charge on any atom is 1.00 e. The molecule has 2 aromatic carbocycles. The Morgan fingerprint density at radius 1 is 1.25 bits per heavy atom. The molecule has 100 valence electrons. The standard InChI is InChI=1S/C11H11N3O4S.Na/c12-6-13-14-9-5-10(19(16,17)18)7-3-1-2-4-8(7)11(9)15;/h1-5,15H,6,12H2,(H,16,17,18);/q;+1/p-1. The van der Waals surface area contributed by atoms with Gasteiger partial charge in [-0.3, -0.25) is 0 Å². The van der Waals surface area contributed by atoms with Gasteiger partial charge in [-0.15, -0.1) is 0 Å². The van der Waals surface area contributed by atoms with E-state index in [9.17, 15) is 18.1 Å². The van der Waals surface area contributed by atoms with Gasteiger partial charge in [0.05, 0.1) is 4.90 Å². The van der Waals surface area contributed by atoms with Crippen LogP contribution in [0.25, 0.3) is 10.8 Å². The maximum absolute atomic E-state index is 11.3. The maximum atomic E-state index is 11.3. The number of phenolic OH excluding ortho intramolecular Hbond substituents is 1. The van der Waals surface area contributed by atoms with Crippen molar-refractivity contribution in [2.45, 2.75) is 4.90 Å². The number of benzene rings is 2. The van der Waals surface area contributed by atoms with E-state index in [4.69, 9.17) is 5.73 Å². The second kappa shape index (κ2) is 6.61. The summed E-state index contributed by atoms with van der Waals surface area (Å²) < 4.78 is 33.8. The molecule has 3 N–H and O–H groups in total. The molecule has 0 saturated carbocycles. The summed E-state index contributed by atoms with van der Waals surface area (Å²) in [6, 6.07) is 7.08. The summed E-state index contributed by atoms with van der Waals surface area (Å²) in [6.45, 7) is -0.119. The van der Waals surface area contributed by atoms with Crippen LogP contribution < -0.4 is 35.3 Å². The molecular weight excluding hydrogens is 293 g/mol. The normalized spacial score (nSPS) is 11.7. The molecule has 20 heavy (non-hydrogen) atoms. The van der Waals surface area contributed by atoms with Gasteiger partial charge in [-0.2, -0.15) is 10.2 Å². The van der Waals surface area contributed by atoms with Crippen molar-refractivity contribution in [1.29, 1.82) is 0 Å². The van der Waals surface area contributed by atoms with Gasteiger partial charge in [-0.25, -0.2) is 8.42 Å². The van der Waals surface area contributed by atoms with Crippen LogP contribution in [-0.4, -0.2) is 24.7 Å². The zero-order valence-electron chi connectivity index (χ0n) is 10.6. The van der Waals surface area contributed by atoms with Crippen LogP contribution >= 0.6 is 0 Å². The van der Waals surface area contributed by atoms with E-state index in [-0.39, 0.29) is 58.4 Å². The topological polar surface area (TPSA) is 128 Å². The second-order valence-electron chi connectivity index (χ2n) is 3.67. The van der Waals surface area contributed by atoms with Gasteiger partial charge in [0.2, 0.25) is 0 Å². The van der Waals surface area contributed by atoms with Gasteiger partial charge in [-0.1, -0.05) is 24.3 Å². The Balaban J connectivity index is 0.00000200. The minimum Gasteiger partial charge on any atom is -0.744 e. The number of rotatable bonds is 3. The van der Waals surface area contributed by atoms with Crippen molar-refractivity contribution < 1.29 is 47.6 Å². The minimum absolute atomic E-state index is 0. The van der Waals surface area contributed by atoms with Crippen LogP contribution in [0, 0.1) is 0 Å². The fourth-order valence-electron chi connectivity index (χ4n) is 1.71. The van der Waals surface area contributed by atoms with Crippen LogP contribution in [0.5, 0.6) is 5.75 Å². The molecule has 0 atom stereocenters. The van der Waals surface area contributed by atoms with Crippen LogP contribution in [0.2, 0.25) is 0 Å². The first kappa shape index (κ1) is 17.0. The van der Waals surface area contributed by atoms with Crippen molar-refractivity contribution in [1.82, 2.24) is 0 Å². The number of phenols is 1. The number of azo groups is 1. The predicted octanol–water partition coefficient (Wildman–Crippen LogP) is -1.55. The summed E-state index contributed by atoms with van der Waals surface area (Å²) in [5.74, 6) is -0.250. The summed E-state index contributed by atoms with van der Waals surface area (Å²) >= 11 is 0. The van der Waals surface area contributed by atoms with Crippen molar-refractivity contribution >= 4 is 26.6 Å². The molecule has 0 unspecified atom stereocenters. The van der Waals surface area contributed by atoms with Gasteiger partial charge in [-0.05, 0) is 6.07 Å². The Kier molecular flexibility index (Phi) is 5.63. The molecule has 0 aromatic heterocycles. The fourth-order valence-corrected chi connectivity index (χ4v) is 2.42. The molecule has 0 fully saturated rings. The van der Waals surface area contributed by atoms with Gasteiger partial charge in [0.15, 0.2) is 5.75 Å². The summed E-state index contributed by atoms with van der Waals surface area (Å²) in [5.41, 5.74) is 5.03. The monoisotopic (exact) mass is 303 g/mol. The Morgan fingerprint density at radius 2 is 1.85 bits per heavy atom. The van der Waals surface area contributed by atoms with Crippen LogP contribution in [0.3, 0.4) is 0 Å². The van der Waals surface area contributed by atoms with Crippen LogP contribution in [0.15, 0.2) is 45.5 Å². The van der Waals surface area contributed by atoms with Crippen molar-refractivity contribution in [2.75, 3.05) is 6.67 Å². The van der Waals surface area contributed by atoms with Crippen LogP contribution in [0.1, 0.15) is 0 Å². The smallest absolute Gasteiger partial charge is 0.744 e. The first-order valence-electron chi connectivity index (χ1n) is 5.23. The Labute approximate surface area is 137 Å². The molecule has 0 heterocycles. The number of hydrogen-bond acceptors (Lipinski definition) is 7. The second-order valence-corrected chi connectivity index (χ2v) is 5.01.